The number of halogens is 1. The van der Waals surface area contributed by atoms with Crippen molar-refractivity contribution in [3.8, 4) is 5.75 Å². The molecule has 1 N–H and O–H groups in total. The molecular formula is C21H27FN4O2S. The van der Waals surface area contributed by atoms with Crippen molar-refractivity contribution in [1.82, 2.24) is 14.2 Å². The van der Waals surface area contributed by atoms with Crippen molar-refractivity contribution in [1.29, 1.82) is 0 Å². The molecule has 1 aliphatic rings. The summed E-state index contributed by atoms with van der Waals surface area (Å²) in [4.78, 5) is 18.3. The van der Waals surface area contributed by atoms with Gasteiger partial charge in [-0.3, -0.25) is 4.98 Å². The molecule has 0 saturated carbocycles. The van der Waals surface area contributed by atoms with E-state index in [0.29, 0.717) is 24.8 Å². The van der Waals surface area contributed by atoms with Gasteiger partial charge in [0.15, 0.2) is 0 Å². The predicted octanol–water partition coefficient (Wildman–Crippen LogP) is 4.82. The van der Waals surface area contributed by atoms with Crippen LogP contribution >= 0.6 is 12.2 Å². The van der Waals surface area contributed by atoms with E-state index in [0.717, 1.165) is 18.5 Å². The molecule has 1 aliphatic heterocycles. The second-order valence-corrected chi connectivity index (χ2v) is 8.56. The van der Waals surface area contributed by atoms with Gasteiger partial charge in [0, 0.05) is 49.8 Å². The Bertz CT molecular complexity index is 813. The van der Waals surface area contributed by atoms with E-state index in [1.54, 1.807) is 36.7 Å². The first-order valence-corrected chi connectivity index (χ1v) is 10.4. The maximum Gasteiger partial charge on any atom is 0.321 e. The normalized spacial score (nSPS) is 15.4. The number of carbonyl (C=O) groups is 1. The van der Waals surface area contributed by atoms with Gasteiger partial charge in [0.25, 0.3) is 0 Å². The maximum atomic E-state index is 13.3. The molecule has 1 aromatic carbocycles. The molecule has 8 heteroatoms. The van der Waals surface area contributed by atoms with Crippen LogP contribution in [-0.4, -0.2) is 45.9 Å². The van der Waals surface area contributed by atoms with Crippen molar-refractivity contribution in [3.05, 3.63) is 54.6 Å². The molecule has 2 heterocycles. The Morgan fingerprint density at radius 3 is 2.62 bits per heavy atom. The van der Waals surface area contributed by atoms with E-state index in [4.69, 9.17) is 4.18 Å². The molecule has 0 aliphatic carbocycles. The van der Waals surface area contributed by atoms with Gasteiger partial charge in [0.1, 0.15) is 23.8 Å². The van der Waals surface area contributed by atoms with Crippen molar-refractivity contribution in [2.45, 2.75) is 32.2 Å². The van der Waals surface area contributed by atoms with E-state index in [1.807, 2.05) is 11.9 Å². The highest BCUT2D eigenvalue weighted by Gasteiger charge is 2.37. The fraction of sp³-hybridized carbons (Fsp3) is 0.429. The first kappa shape index (κ1) is 21.4. The molecule has 0 radical (unpaired) electrons. The molecule has 6 nitrogen and oxygen atoms in total. The molecule has 0 atom stereocenters. The van der Waals surface area contributed by atoms with Gasteiger partial charge in [0.2, 0.25) is 0 Å². The number of rotatable bonds is 6. The predicted molar refractivity (Wildman–Crippen MR) is 114 cm³/mol. The lowest BCUT2D eigenvalue weighted by Crippen LogP contribution is -2.50. The van der Waals surface area contributed by atoms with E-state index in [-0.39, 0.29) is 17.4 Å². The second kappa shape index (κ2) is 9.45. The van der Waals surface area contributed by atoms with E-state index in [1.165, 1.54) is 24.4 Å². The Morgan fingerprint density at radius 2 is 1.97 bits per heavy atom. The molecule has 1 saturated heterocycles. The summed E-state index contributed by atoms with van der Waals surface area (Å²) in [5.41, 5.74) is 0.601. The fourth-order valence-corrected chi connectivity index (χ4v) is 4.04. The minimum absolute atomic E-state index is 0.0791. The first-order chi connectivity index (χ1) is 13.9. The van der Waals surface area contributed by atoms with Crippen molar-refractivity contribution >= 4 is 23.9 Å². The fourth-order valence-electron chi connectivity index (χ4n) is 3.40. The molecule has 0 spiro atoms. The molecule has 29 heavy (non-hydrogen) atoms. The van der Waals surface area contributed by atoms with Crippen LogP contribution in [0, 0.1) is 11.7 Å². The Balaban J connectivity index is 1.49. The highest BCUT2D eigenvalue weighted by Crippen LogP contribution is 2.36. The number of carbonyl (C=O) groups excluding carboxylic acids is 1. The lowest BCUT2D eigenvalue weighted by molar-refractivity contribution is 0.106. The summed E-state index contributed by atoms with van der Waals surface area (Å²) >= 11 is 1.22. The molecule has 2 aromatic rings. The summed E-state index contributed by atoms with van der Waals surface area (Å²) in [6, 6.07) is 9.60. The van der Waals surface area contributed by atoms with Crippen molar-refractivity contribution < 1.29 is 13.4 Å². The van der Waals surface area contributed by atoms with Crippen LogP contribution < -0.4 is 9.50 Å². The summed E-state index contributed by atoms with van der Waals surface area (Å²) in [6.45, 7) is 5.75. The van der Waals surface area contributed by atoms with Crippen molar-refractivity contribution in [3.63, 3.8) is 0 Å². The number of likely N-dealkylation sites (tertiary alicyclic amines) is 1. The molecule has 3 rings (SSSR count). The van der Waals surface area contributed by atoms with Gasteiger partial charge in [-0.15, -0.1) is 0 Å². The van der Waals surface area contributed by atoms with Crippen molar-refractivity contribution in [2.75, 3.05) is 25.5 Å². The van der Waals surface area contributed by atoms with Crippen LogP contribution in [0.1, 0.15) is 26.7 Å². The molecule has 1 aromatic heterocycles. The van der Waals surface area contributed by atoms with Gasteiger partial charge >= 0.3 is 6.03 Å². The zero-order chi connectivity index (χ0) is 20.9. The number of piperidine rings is 1. The molecule has 0 bridgehead atoms. The third-order valence-electron chi connectivity index (χ3n) is 5.57. The van der Waals surface area contributed by atoms with Gasteiger partial charge < -0.3 is 14.4 Å². The number of urea groups is 1. The average molecular weight is 419 g/mol. The molecular weight excluding hydrogens is 391 g/mol. The van der Waals surface area contributed by atoms with Gasteiger partial charge in [-0.1, -0.05) is 6.07 Å². The summed E-state index contributed by atoms with van der Waals surface area (Å²) in [5, 5.41) is 2.91. The van der Waals surface area contributed by atoms with Crippen LogP contribution in [0.4, 0.5) is 14.9 Å². The van der Waals surface area contributed by atoms with E-state index in [2.05, 4.69) is 28.5 Å². The zero-order valence-electron chi connectivity index (χ0n) is 17.0. The minimum Gasteiger partial charge on any atom is -0.409 e. The highest BCUT2D eigenvalue weighted by molar-refractivity contribution is 7.92. The number of amides is 2. The minimum atomic E-state index is -0.317. The van der Waals surface area contributed by atoms with Crippen LogP contribution in [0.3, 0.4) is 0 Å². The lowest BCUT2D eigenvalue weighted by Gasteiger charge is -2.44. The van der Waals surface area contributed by atoms with E-state index < -0.39 is 0 Å². The number of pyridine rings is 1. The molecule has 156 valence electrons. The quantitative estimate of drug-likeness (QED) is 0.539. The van der Waals surface area contributed by atoms with Gasteiger partial charge in [0.05, 0.1) is 0 Å². The van der Waals surface area contributed by atoms with Gasteiger partial charge in [-0.05, 0) is 56.9 Å². The number of anilines is 1. The Kier molecular flexibility index (Phi) is 6.97. The standard InChI is InChI=1S/C21H27FN4O2S/c1-21(2,25(3)29-28-19-6-4-5-17(22)15-19)16-9-13-26(14-10-16)20(27)24-18-7-11-23-12-8-18/h4-8,11-12,15-16H,9-10,13-14H2,1-3H3,(H,23,24,27). The molecule has 2 amide bonds. The zero-order valence-corrected chi connectivity index (χ0v) is 17.8. The largest absolute Gasteiger partial charge is 0.409 e. The van der Waals surface area contributed by atoms with E-state index >= 15 is 0 Å². The van der Waals surface area contributed by atoms with Crippen molar-refractivity contribution in [2.24, 2.45) is 5.92 Å². The topological polar surface area (TPSA) is 57.7 Å². The number of nitrogens with one attached hydrogen (secondary N) is 1. The number of benzene rings is 1. The van der Waals surface area contributed by atoms with Crippen LogP contribution in [0.5, 0.6) is 5.75 Å². The third kappa shape index (κ3) is 5.61. The maximum absolute atomic E-state index is 13.3. The number of hydrogen-bond donors (Lipinski definition) is 1. The second-order valence-electron chi connectivity index (χ2n) is 7.69. The van der Waals surface area contributed by atoms with Crippen LogP contribution in [0.15, 0.2) is 48.8 Å². The highest BCUT2D eigenvalue weighted by atomic mass is 32.2. The average Bonchev–Trinajstić information content (AvgIpc) is 2.73. The Morgan fingerprint density at radius 1 is 1.28 bits per heavy atom. The summed E-state index contributed by atoms with van der Waals surface area (Å²) in [7, 11) is 1.98. The van der Waals surface area contributed by atoms with E-state index in [9.17, 15) is 9.18 Å². The Labute approximate surface area is 175 Å². The lowest BCUT2D eigenvalue weighted by atomic mass is 9.80. The first-order valence-electron chi connectivity index (χ1n) is 9.66. The SMILES string of the molecule is CN(SOc1cccc(F)c1)C(C)(C)C1CCN(C(=O)Nc2ccncc2)CC1. The Hall–Kier alpha value is -2.32. The summed E-state index contributed by atoms with van der Waals surface area (Å²) in [5.74, 6) is 0.573. The number of hydrogen-bond acceptors (Lipinski definition) is 5. The van der Waals surface area contributed by atoms with Gasteiger partial charge in [-0.2, -0.15) is 0 Å². The third-order valence-corrected chi connectivity index (χ3v) is 6.53. The smallest absolute Gasteiger partial charge is 0.321 e. The van der Waals surface area contributed by atoms with Gasteiger partial charge in [-0.25, -0.2) is 13.5 Å². The van der Waals surface area contributed by atoms with Crippen LogP contribution in [0.25, 0.3) is 0 Å². The van der Waals surface area contributed by atoms with Crippen LogP contribution in [-0.2, 0) is 0 Å². The number of aromatic nitrogens is 1. The monoisotopic (exact) mass is 418 g/mol. The molecule has 1 fully saturated rings. The summed E-state index contributed by atoms with van der Waals surface area (Å²) in [6.07, 6.45) is 5.12. The summed E-state index contributed by atoms with van der Waals surface area (Å²) < 4.78 is 21.1. The van der Waals surface area contributed by atoms with Crippen LogP contribution in [0.2, 0.25) is 0 Å². The number of nitrogens with zero attached hydrogens (tertiary/aromatic N) is 3. The molecule has 0 unspecified atom stereocenters.